The van der Waals surface area contributed by atoms with Gasteiger partial charge in [0.05, 0.1) is 5.41 Å². The fraction of sp³-hybridized carbons (Fsp3) is 0.351. The van der Waals surface area contributed by atoms with Gasteiger partial charge in [-0.25, -0.2) is 0 Å². The lowest BCUT2D eigenvalue weighted by Crippen LogP contribution is -2.26. The van der Waals surface area contributed by atoms with E-state index in [0.29, 0.717) is 5.92 Å². The second kappa shape index (κ2) is 11.3. The van der Waals surface area contributed by atoms with E-state index in [-0.39, 0.29) is 5.41 Å². The average Bonchev–Trinajstić information content (AvgIpc) is 3.41. The van der Waals surface area contributed by atoms with Crippen LogP contribution in [0.15, 0.2) is 84.9 Å². The largest absolute Gasteiger partial charge is 0.313 e. The van der Waals surface area contributed by atoms with E-state index in [1.807, 2.05) is 13.8 Å². The summed E-state index contributed by atoms with van der Waals surface area (Å²) in [6, 6.07) is 32.8. The van der Waals surface area contributed by atoms with E-state index in [2.05, 4.69) is 111 Å². The van der Waals surface area contributed by atoms with Crippen LogP contribution in [0.5, 0.6) is 0 Å². The predicted molar refractivity (Wildman–Crippen MR) is 164 cm³/mol. The maximum atomic E-state index is 3.62. The van der Waals surface area contributed by atoms with Crippen LogP contribution in [0, 0.1) is 5.92 Å². The first-order chi connectivity index (χ1) is 18.7. The van der Waals surface area contributed by atoms with Gasteiger partial charge in [-0.1, -0.05) is 132 Å². The van der Waals surface area contributed by atoms with Crippen molar-refractivity contribution in [3.05, 3.63) is 118 Å². The van der Waals surface area contributed by atoms with Crippen LogP contribution in [0.2, 0.25) is 0 Å². The van der Waals surface area contributed by atoms with Gasteiger partial charge < -0.3 is 5.32 Å². The summed E-state index contributed by atoms with van der Waals surface area (Å²) in [5, 5.41) is 3.62. The molecule has 38 heavy (non-hydrogen) atoms. The molecule has 1 heteroatoms. The molecule has 6 rings (SSSR count). The lowest BCUT2D eigenvalue weighted by Gasteiger charge is -2.31. The van der Waals surface area contributed by atoms with Crippen molar-refractivity contribution in [1.82, 2.24) is 5.32 Å². The number of nitrogens with one attached hydrogen (secondary N) is 1. The van der Waals surface area contributed by atoms with Crippen molar-refractivity contribution >= 4 is 0 Å². The summed E-state index contributed by atoms with van der Waals surface area (Å²) in [6.07, 6.45) is 4.82. The summed E-state index contributed by atoms with van der Waals surface area (Å²) in [6.45, 7) is 12.9. The van der Waals surface area contributed by atoms with Gasteiger partial charge in [0.1, 0.15) is 0 Å². The van der Waals surface area contributed by atoms with E-state index in [1.54, 1.807) is 0 Å². The molecule has 0 radical (unpaired) electrons. The zero-order chi connectivity index (χ0) is 26.7. The summed E-state index contributed by atoms with van der Waals surface area (Å²) >= 11 is 0. The van der Waals surface area contributed by atoms with E-state index in [4.69, 9.17) is 0 Å². The molecule has 4 aromatic rings. The van der Waals surface area contributed by atoms with Crippen LogP contribution in [0.25, 0.3) is 22.3 Å². The van der Waals surface area contributed by atoms with E-state index < -0.39 is 0 Å². The summed E-state index contributed by atoms with van der Waals surface area (Å²) < 4.78 is 0. The van der Waals surface area contributed by atoms with Crippen molar-refractivity contribution in [3.63, 3.8) is 0 Å². The van der Waals surface area contributed by atoms with Crippen LogP contribution >= 0.6 is 0 Å². The van der Waals surface area contributed by atoms with E-state index in [0.717, 1.165) is 25.9 Å². The molecule has 0 saturated heterocycles. The molecule has 0 saturated carbocycles. The predicted octanol–water partition coefficient (Wildman–Crippen LogP) is 9.53. The minimum absolute atomic E-state index is 0.247. The second-order valence-electron chi connectivity index (χ2n) is 10.9. The molecule has 0 aromatic heterocycles. The standard InChI is InChI=1S/C35H37N.C2H6/c1-4-10-24(3)20-25-15-17-29-27-11-6-8-13-31(27)35(33(29)21-25)32-14-9-7-12-28(32)30-18-16-26(22-34(30)35)23-36-19-5-2;1-2/h6-9,11-18,21-22,24,36H,4-5,10,19-20,23H2,1-3H3;1-2H3. The van der Waals surface area contributed by atoms with Crippen molar-refractivity contribution in [2.24, 2.45) is 5.92 Å². The Morgan fingerprint density at radius 2 is 1.16 bits per heavy atom. The van der Waals surface area contributed by atoms with Gasteiger partial charge in [0.25, 0.3) is 0 Å². The normalized spacial score (nSPS) is 16.8. The SMILES string of the molecule is CC.CCCNCc1ccc2c(c1)C1(c3ccccc3-2)c2ccccc2-c2ccc(CC(C)CCC)cc21. The van der Waals surface area contributed by atoms with Crippen LogP contribution in [0.1, 0.15) is 87.3 Å². The van der Waals surface area contributed by atoms with Gasteiger partial charge >= 0.3 is 0 Å². The first-order valence-electron chi connectivity index (χ1n) is 14.9. The summed E-state index contributed by atoms with van der Waals surface area (Å²) in [5.41, 5.74) is 13.9. The van der Waals surface area contributed by atoms with Crippen LogP contribution in [0.3, 0.4) is 0 Å². The quantitative estimate of drug-likeness (QED) is 0.205. The van der Waals surface area contributed by atoms with Gasteiger partial charge in [-0.2, -0.15) is 0 Å². The molecule has 2 aliphatic carbocycles. The molecule has 0 heterocycles. The average molecular weight is 502 g/mol. The van der Waals surface area contributed by atoms with E-state index in [1.165, 1.54) is 68.5 Å². The number of fused-ring (bicyclic) bond motifs is 10. The van der Waals surface area contributed by atoms with Gasteiger partial charge in [-0.05, 0) is 80.9 Å². The highest BCUT2D eigenvalue weighted by atomic mass is 14.8. The van der Waals surface area contributed by atoms with Crippen LogP contribution in [-0.2, 0) is 18.4 Å². The molecule has 2 unspecified atom stereocenters. The Bertz CT molecular complexity index is 1400. The minimum Gasteiger partial charge on any atom is -0.313 e. The Kier molecular flexibility index (Phi) is 7.86. The lowest BCUT2D eigenvalue weighted by molar-refractivity contribution is 0.522. The van der Waals surface area contributed by atoms with Crippen molar-refractivity contribution < 1.29 is 0 Å². The molecular weight excluding hydrogens is 458 g/mol. The van der Waals surface area contributed by atoms with Gasteiger partial charge in [0, 0.05) is 6.54 Å². The number of hydrogen-bond acceptors (Lipinski definition) is 1. The Morgan fingerprint density at radius 3 is 1.74 bits per heavy atom. The Hall–Kier alpha value is -3.16. The maximum absolute atomic E-state index is 3.62. The van der Waals surface area contributed by atoms with Gasteiger partial charge in [-0.15, -0.1) is 0 Å². The summed E-state index contributed by atoms with van der Waals surface area (Å²) in [4.78, 5) is 0. The molecule has 1 spiro atoms. The highest BCUT2D eigenvalue weighted by Crippen LogP contribution is 2.62. The third kappa shape index (κ3) is 4.22. The molecule has 2 atom stereocenters. The first-order valence-corrected chi connectivity index (χ1v) is 14.9. The Labute approximate surface area is 230 Å². The van der Waals surface area contributed by atoms with Gasteiger partial charge in [0.2, 0.25) is 0 Å². The van der Waals surface area contributed by atoms with Crippen LogP contribution in [-0.4, -0.2) is 6.54 Å². The zero-order valence-corrected chi connectivity index (χ0v) is 23.9. The molecule has 0 fully saturated rings. The summed E-state index contributed by atoms with van der Waals surface area (Å²) in [7, 11) is 0. The number of rotatable bonds is 8. The highest BCUT2D eigenvalue weighted by molar-refractivity contribution is 5.95. The molecule has 0 aliphatic heterocycles. The molecule has 1 N–H and O–H groups in total. The van der Waals surface area contributed by atoms with Crippen molar-refractivity contribution in [2.45, 2.75) is 72.3 Å². The molecule has 196 valence electrons. The fourth-order valence-electron chi connectivity index (χ4n) is 6.88. The maximum Gasteiger partial charge on any atom is 0.0725 e. The van der Waals surface area contributed by atoms with Gasteiger partial charge in [-0.3, -0.25) is 0 Å². The third-order valence-electron chi connectivity index (χ3n) is 8.34. The van der Waals surface area contributed by atoms with Crippen molar-refractivity contribution in [3.8, 4) is 22.3 Å². The van der Waals surface area contributed by atoms with Crippen molar-refractivity contribution in [2.75, 3.05) is 6.54 Å². The number of hydrogen-bond donors (Lipinski definition) is 1. The molecule has 0 amide bonds. The summed E-state index contributed by atoms with van der Waals surface area (Å²) in [5.74, 6) is 0.701. The smallest absolute Gasteiger partial charge is 0.0725 e. The first kappa shape index (κ1) is 26.4. The van der Waals surface area contributed by atoms with Crippen molar-refractivity contribution in [1.29, 1.82) is 0 Å². The monoisotopic (exact) mass is 501 g/mol. The Balaban J connectivity index is 0.00000144. The van der Waals surface area contributed by atoms with Crippen LogP contribution in [0.4, 0.5) is 0 Å². The topological polar surface area (TPSA) is 12.0 Å². The molecule has 4 aromatic carbocycles. The highest BCUT2D eigenvalue weighted by Gasteiger charge is 2.51. The minimum atomic E-state index is -0.247. The lowest BCUT2D eigenvalue weighted by atomic mass is 9.70. The fourth-order valence-corrected chi connectivity index (χ4v) is 6.88. The number of benzene rings is 4. The molecule has 0 bridgehead atoms. The third-order valence-corrected chi connectivity index (χ3v) is 8.34. The van der Waals surface area contributed by atoms with E-state index in [9.17, 15) is 0 Å². The second-order valence-corrected chi connectivity index (χ2v) is 10.9. The van der Waals surface area contributed by atoms with Crippen LogP contribution < -0.4 is 5.32 Å². The molecular formula is C37H43N. The Morgan fingerprint density at radius 1 is 0.632 bits per heavy atom. The zero-order valence-electron chi connectivity index (χ0n) is 23.9. The van der Waals surface area contributed by atoms with Gasteiger partial charge in [0.15, 0.2) is 0 Å². The van der Waals surface area contributed by atoms with E-state index >= 15 is 0 Å². The molecule has 1 nitrogen and oxygen atoms in total. The molecule has 2 aliphatic rings.